The fourth-order valence-corrected chi connectivity index (χ4v) is 1.64. The highest BCUT2D eigenvalue weighted by Crippen LogP contribution is 2.21. The predicted octanol–water partition coefficient (Wildman–Crippen LogP) is 1.58. The second kappa shape index (κ2) is 4.45. The molecule has 0 N–H and O–H groups in total. The standard InChI is InChI=1S/C7H14N4S/c1-4-6(3)12-7-8-9-10-11(7)5-2/h6H,4-5H2,1-3H3. The molecular formula is C7H14N4S. The molecule has 0 aliphatic heterocycles. The minimum atomic E-state index is 0.585. The van der Waals surface area contributed by atoms with E-state index in [1.807, 2.05) is 11.6 Å². The molecule has 0 saturated heterocycles. The van der Waals surface area contributed by atoms with Crippen molar-refractivity contribution in [3.05, 3.63) is 0 Å². The molecule has 0 radical (unpaired) electrons. The number of thioether (sulfide) groups is 1. The highest BCUT2D eigenvalue weighted by molar-refractivity contribution is 7.99. The van der Waals surface area contributed by atoms with Gasteiger partial charge in [-0.1, -0.05) is 25.6 Å². The average Bonchev–Trinajstić information content (AvgIpc) is 2.51. The van der Waals surface area contributed by atoms with Crippen molar-refractivity contribution in [1.29, 1.82) is 0 Å². The third-order valence-corrected chi connectivity index (χ3v) is 2.92. The first kappa shape index (κ1) is 9.51. The minimum Gasteiger partial charge on any atom is -0.221 e. The summed E-state index contributed by atoms with van der Waals surface area (Å²) in [6.07, 6.45) is 1.14. The predicted molar refractivity (Wildman–Crippen MR) is 49.1 cm³/mol. The average molecular weight is 186 g/mol. The van der Waals surface area contributed by atoms with Gasteiger partial charge in [-0.3, -0.25) is 0 Å². The van der Waals surface area contributed by atoms with E-state index in [1.54, 1.807) is 11.8 Å². The maximum absolute atomic E-state index is 3.94. The summed E-state index contributed by atoms with van der Waals surface area (Å²) >= 11 is 1.73. The van der Waals surface area contributed by atoms with Crippen LogP contribution in [0.5, 0.6) is 0 Å². The Hall–Kier alpha value is -0.580. The highest BCUT2D eigenvalue weighted by Gasteiger charge is 2.08. The van der Waals surface area contributed by atoms with Crippen molar-refractivity contribution in [2.45, 2.75) is 44.1 Å². The lowest BCUT2D eigenvalue weighted by atomic mass is 10.4. The van der Waals surface area contributed by atoms with Gasteiger partial charge in [0.25, 0.3) is 0 Å². The summed E-state index contributed by atoms with van der Waals surface area (Å²) in [7, 11) is 0. The zero-order chi connectivity index (χ0) is 8.97. The van der Waals surface area contributed by atoms with Gasteiger partial charge < -0.3 is 0 Å². The molecule has 0 aromatic carbocycles. The second-order valence-corrected chi connectivity index (χ2v) is 4.02. The number of hydrogen-bond donors (Lipinski definition) is 0. The molecular weight excluding hydrogens is 172 g/mol. The van der Waals surface area contributed by atoms with E-state index in [-0.39, 0.29) is 0 Å². The van der Waals surface area contributed by atoms with Gasteiger partial charge in [-0.15, -0.1) is 5.10 Å². The van der Waals surface area contributed by atoms with Crippen LogP contribution in [-0.2, 0) is 6.54 Å². The molecule has 1 heterocycles. The maximum Gasteiger partial charge on any atom is 0.209 e. The maximum atomic E-state index is 3.94. The Balaban J connectivity index is 2.61. The number of aromatic nitrogens is 4. The van der Waals surface area contributed by atoms with E-state index in [2.05, 4.69) is 29.4 Å². The third kappa shape index (κ3) is 2.20. The van der Waals surface area contributed by atoms with E-state index in [0.29, 0.717) is 5.25 Å². The zero-order valence-electron chi connectivity index (χ0n) is 7.69. The molecule has 0 amide bonds. The van der Waals surface area contributed by atoms with E-state index in [0.717, 1.165) is 18.1 Å². The van der Waals surface area contributed by atoms with Crippen LogP contribution in [0.1, 0.15) is 27.2 Å². The smallest absolute Gasteiger partial charge is 0.209 e. The van der Waals surface area contributed by atoms with E-state index in [4.69, 9.17) is 0 Å². The van der Waals surface area contributed by atoms with Crippen LogP contribution in [0.15, 0.2) is 5.16 Å². The SMILES string of the molecule is CCC(C)Sc1nnnn1CC. The van der Waals surface area contributed by atoms with Crippen LogP contribution in [0.2, 0.25) is 0 Å². The van der Waals surface area contributed by atoms with Gasteiger partial charge in [-0.25, -0.2) is 4.68 Å². The summed E-state index contributed by atoms with van der Waals surface area (Å²) in [6.45, 7) is 7.22. The number of hydrogen-bond acceptors (Lipinski definition) is 4. The lowest BCUT2D eigenvalue weighted by Gasteiger charge is -2.05. The molecule has 68 valence electrons. The van der Waals surface area contributed by atoms with Gasteiger partial charge in [-0.05, 0) is 23.8 Å². The third-order valence-electron chi connectivity index (χ3n) is 1.68. The molecule has 0 saturated carbocycles. The first-order valence-electron chi connectivity index (χ1n) is 4.20. The van der Waals surface area contributed by atoms with E-state index in [1.165, 1.54) is 0 Å². The fraction of sp³-hybridized carbons (Fsp3) is 0.857. The topological polar surface area (TPSA) is 43.6 Å². The van der Waals surface area contributed by atoms with Crippen LogP contribution >= 0.6 is 11.8 Å². The number of rotatable bonds is 4. The first-order chi connectivity index (χ1) is 5.77. The quantitative estimate of drug-likeness (QED) is 0.670. The normalized spacial score (nSPS) is 13.2. The van der Waals surface area contributed by atoms with Crippen molar-refractivity contribution >= 4 is 11.8 Å². The van der Waals surface area contributed by atoms with Crippen LogP contribution in [0.25, 0.3) is 0 Å². The lowest BCUT2D eigenvalue weighted by molar-refractivity contribution is 0.580. The molecule has 1 rings (SSSR count). The Morgan fingerprint density at radius 2 is 2.25 bits per heavy atom. The molecule has 4 nitrogen and oxygen atoms in total. The molecule has 0 spiro atoms. The van der Waals surface area contributed by atoms with Crippen molar-refractivity contribution in [2.75, 3.05) is 0 Å². The van der Waals surface area contributed by atoms with Crippen molar-refractivity contribution in [1.82, 2.24) is 20.2 Å². The summed E-state index contributed by atoms with van der Waals surface area (Å²) in [5.41, 5.74) is 0. The molecule has 1 aromatic heterocycles. The Bertz CT molecular complexity index is 235. The summed E-state index contributed by atoms with van der Waals surface area (Å²) in [6, 6.07) is 0. The minimum absolute atomic E-state index is 0.585. The van der Waals surface area contributed by atoms with Crippen molar-refractivity contribution in [2.24, 2.45) is 0 Å². The number of nitrogens with zero attached hydrogens (tertiary/aromatic N) is 4. The van der Waals surface area contributed by atoms with Crippen LogP contribution in [-0.4, -0.2) is 25.5 Å². The van der Waals surface area contributed by atoms with Gasteiger partial charge >= 0.3 is 0 Å². The molecule has 0 fully saturated rings. The Morgan fingerprint density at radius 3 is 2.83 bits per heavy atom. The molecule has 0 aliphatic carbocycles. The van der Waals surface area contributed by atoms with Gasteiger partial charge in [0.15, 0.2) is 0 Å². The molecule has 0 bridgehead atoms. The van der Waals surface area contributed by atoms with E-state index >= 15 is 0 Å². The van der Waals surface area contributed by atoms with Gasteiger partial charge in [-0.2, -0.15) is 0 Å². The summed E-state index contributed by atoms with van der Waals surface area (Å²) in [5.74, 6) is 0. The van der Waals surface area contributed by atoms with Gasteiger partial charge in [0.05, 0.1) is 0 Å². The highest BCUT2D eigenvalue weighted by atomic mass is 32.2. The molecule has 1 aromatic rings. The zero-order valence-corrected chi connectivity index (χ0v) is 8.51. The molecule has 5 heteroatoms. The summed E-state index contributed by atoms with van der Waals surface area (Å²) in [5, 5.41) is 12.9. The van der Waals surface area contributed by atoms with Crippen molar-refractivity contribution < 1.29 is 0 Å². The Morgan fingerprint density at radius 1 is 1.50 bits per heavy atom. The molecule has 0 aliphatic rings. The van der Waals surface area contributed by atoms with E-state index < -0.39 is 0 Å². The molecule has 1 unspecified atom stereocenters. The van der Waals surface area contributed by atoms with E-state index in [9.17, 15) is 0 Å². The van der Waals surface area contributed by atoms with Gasteiger partial charge in [0.2, 0.25) is 5.16 Å². The molecule has 1 atom stereocenters. The van der Waals surface area contributed by atoms with Gasteiger partial charge in [0, 0.05) is 11.8 Å². The monoisotopic (exact) mass is 186 g/mol. The Labute approximate surface area is 76.7 Å². The van der Waals surface area contributed by atoms with Crippen LogP contribution in [0.3, 0.4) is 0 Å². The lowest BCUT2D eigenvalue weighted by Crippen LogP contribution is -2.02. The first-order valence-corrected chi connectivity index (χ1v) is 5.08. The summed E-state index contributed by atoms with van der Waals surface area (Å²) < 4.78 is 1.82. The number of tetrazole rings is 1. The number of aryl methyl sites for hydroxylation is 1. The largest absolute Gasteiger partial charge is 0.221 e. The van der Waals surface area contributed by atoms with Gasteiger partial charge in [0.1, 0.15) is 0 Å². The Kier molecular flexibility index (Phi) is 3.52. The second-order valence-electron chi connectivity index (χ2n) is 2.61. The van der Waals surface area contributed by atoms with Crippen molar-refractivity contribution in [3.8, 4) is 0 Å². The van der Waals surface area contributed by atoms with Crippen LogP contribution in [0, 0.1) is 0 Å². The summed E-state index contributed by atoms with van der Waals surface area (Å²) in [4.78, 5) is 0. The van der Waals surface area contributed by atoms with Crippen molar-refractivity contribution in [3.63, 3.8) is 0 Å². The fourth-order valence-electron chi connectivity index (χ4n) is 0.743. The molecule has 12 heavy (non-hydrogen) atoms. The van der Waals surface area contributed by atoms with Crippen LogP contribution in [0.4, 0.5) is 0 Å². The van der Waals surface area contributed by atoms with Crippen LogP contribution < -0.4 is 0 Å².